The number of rotatable bonds is 19. The second kappa shape index (κ2) is 24.9. The number of aromatic nitrogens is 3. The van der Waals surface area contributed by atoms with Crippen molar-refractivity contribution in [3.05, 3.63) is 61.0 Å². The van der Waals surface area contributed by atoms with Crippen LogP contribution in [0.1, 0.15) is 76.2 Å². The molecule has 3 amide bonds. The van der Waals surface area contributed by atoms with Crippen LogP contribution in [0.4, 0.5) is 17.2 Å². The number of benzene rings is 1. The minimum Gasteiger partial charge on any atom is -0.491 e. The standard InChI is InChI=1S/C38H46N7O8S2.Na.O3S/c1-25(6-9-27(46)5-4-22-54-55-38(2,3)16-14-34(49)53-45-32(47)12-13-33(45)48)52-28-10-7-26(8-11-28)29-24-41-36(39)35(42-29)37(50)43-30-23-40-17-15-31(30)44-18-20-51-21-19-44;;1-4(2)3/h7-8,10-12,15,17,23-25H,4-6,9,13-14,16,18-22H2,1-3H3,(H2,39,41)(H,43,50);;/q-1;+1;. The number of pyridine rings is 1. The van der Waals surface area contributed by atoms with Crippen molar-refractivity contribution in [2.75, 3.05) is 48.0 Å². The van der Waals surface area contributed by atoms with Crippen molar-refractivity contribution in [2.45, 2.75) is 76.6 Å². The van der Waals surface area contributed by atoms with E-state index in [1.54, 1.807) is 34.0 Å². The number of hydrogen-bond donors (Lipinski definition) is 2. The molecule has 2 aromatic heterocycles. The Hall–Kier alpha value is -4.25. The Kier molecular flexibility index (Phi) is 20.8. The minimum atomic E-state index is -3.11. The number of ketones is 1. The largest absolute Gasteiger partial charge is 1.00 e. The van der Waals surface area contributed by atoms with Gasteiger partial charge in [-0.25, -0.2) is 14.8 Å². The summed E-state index contributed by atoms with van der Waals surface area (Å²) >= 11 is 0. The Balaban J connectivity index is 0.00000184. The van der Waals surface area contributed by atoms with Crippen LogP contribution in [-0.2, 0) is 39.4 Å². The molecule has 1 aromatic carbocycles. The summed E-state index contributed by atoms with van der Waals surface area (Å²) in [6.07, 6.45) is 8.48. The maximum Gasteiger partial charge on any atom is 1.00 e. The van der Waals surface area contributed by atoms with Crippen molar-refractivity contribution in [2.24, 2.45) is 0 Å². The maximum absolute atomic E-state index is 13.3. The Labute approximate surface area is 379 Å². The molecule has 5 rings (SSSR count). The molecular weight excluding hydrogens is 850 g/mol. The van der Waals surface area contributed by atoms with Crippen molar-refractivity contribution >= 4 is 78.9 Å². The summed E-state index contributed by atoms with van der Waals surface area (Å²) in [5.41, 5.74) is 8.65. The molecule has 318 valence electrons. The van der Waals surface area contributed by atoms with E-state index < -0.39 is 34.3 Å². The van der Waals surface area contributed by atoms with E-state index >= 15 is 0 Å². The summed E-state index contributed by atoms with van der Waals surface area (Å²) in [6.45, 7) is 8.54. The van der Waals surface area contributed by atoms with E-state index in [-0.39, 0.29) is 70.5 Å². The molecule has 0 saturated carbocycles. The van der Waals surface area contributed by atoms with Crippen LogP contribution < -0.4 is 50.2 Å². The second-order valence-corrected chi connectivity index (χ2v) is 17.4. The van der Waals surface area contributed by atoms with Gasteiger partial charge in [-0.2, -0.15) is 0 Å². The zero-order chi connectivity index (χ0) is 43.0. The molecule has 0 bridgehead atoms. The van der Waals surface area contributed by atoms with E-state index in [4.69, 9.17) is 32.7 Å². The predicted octanol–water partition coefficient (Wildman–Crippen LogP) is 1.47. The number of hydrogen-bond acceptors (Lipinski definition) is 18. The Morgan fingerprint density at radius 3 is 2.42 bits per heavy atom. The van der Waals surface area contributed by atoms with Crippen molar-refractivity contribution in [1.29, 1.82) is 0 Å². The smallest absolute Gasteiger partial charge is 0.491 e. The van der Waals surface area contributed by atoms with Crippen molar-refractivity contribution in [3.63, 3.8) is 0 Å². The molecule has 3 aromatic rings. The molecule has 2 aliphatic rings. The molecule has 1 unspecified atom stereocenters. The number of nitrogen functional groups attached to an aromatic ring is 1. The second-order valence-electron chi connectivity index (χ2n) is 13.8. The van der Waals surface area contributed by atoms with Crippen LogP contribution in [0, 0.1) is 6.42 Å². The fourth-order valence-corrected chi connectivity index (χ4v) is 8.28. The van der Waals surface area contributed by atoms with Gasteiger partial charge in [0, 0.05) is 54.6 Å². The van der Waals surface area contributed by atoms with Crippen molar-refractivity contribution < 1.29 is 80.5 Å². The van der Waals surface area contributed by atoms with Gasteiger partial charge in [0.25, 0.3) is 5.91 Å². The molecule has 2 fully saturated rings. The first-order valence-corrected chi connectivity index (χ1v) is 21.9. The molecule has 2 aliphatic heterocycles. The van der Waals surface area contributed by atoms with Gasteiger partial charge in [0.15, 0.2) is 11.5 Å². The topological polar surface area (TPSA) is 247 Å². The SMILES string of the molecule is CC(CCC(=O)CCCSSC(C)(C)CCC(=O)ON1C(=O)[CH-]CC1=O)Oc1ccc(-c2cnc(N)c(C(=O)Nc3cnccc3N3CCOCC3)n2)cc1.O=S(=O)=O.[Na+]. The average molecular weight is 896 g/mol. The Morgan fingerprint density at radius 2 is 1.75 bits per heavy atom. The number of hydroxylamine groups is 2. The zero-order valence-corrected chi connectivity index (χ0v) is 38.2. The number of imide groups is 1. The van der Waals surface area contributed by atoms with Gasteiger partial charge in [0.05, 0.1) is 48.8 Å². The number of carbonyl (C=O) groups excluding carboxylic acids is 5. The summed E-state index contributed by atoms with van der Waals surface area (Å²) in [5, 5.41) is 3.41. The van der Waals surface area contributed by atoms with Gasteiger partial charge < -0.3 is 35.1 Å². The van der Waals surface area contributed by atoms with E-state index in [0.717, 1.165) is 23.4 Å². The van der Waals surface area contributed by atoms with Gasteiger partial charge in [-0.3, -0.25) is 25.8 Å². The van der Waals surface area contributed by atoms with Gasteiger partial charge in [-0.05, 0) is 70.4 Å². The van der Waals surface area contributed by atoms with Crippen LogP contribution in [-0.4, -0.2) is 105 Å². The van der Waals surface area contributed by atoms with Gasteiger partial charge >= 0.3 is 46.1 Å². The fraction of sp³-hybridized carbons (Fsp3) is 0.447. The van der Waals surface area contributed by atoms with Gasteiger partial charge in [-0.15, -0.1) is 17.7 Å². The number of carbonyl (C=O) groups is 5. The number of nitrogens with two attached hydrogens (primary N) is 1. The molecule has 1 atom stereocenters. The number of nitrogens with zero attached hydrogens (tertiary/aromatic N) is 5. The number of Topliss-reactive ketones (excluding diaryl/α,β-unsaturated/α-hetero) is 1. The average Bonchev–Trinajstić information content (AvgIpc) is 3.52. The van der Waals surface area contributed by atoms with Crippen LogP contribution in [0.25, 0.3) is 11.3 Å². The predicted molar refractivity (Wildman–Crippen MR) is 221 cm³/mol. The van der Waals surface area contributed by atoms with Crippen molar-refractivity contribution in [1.82, 2.24) is 20.0 Å². The van der Waals surface area contributed by atoms with E-state index in [0.29, 0.717) is 74.2 Å². The van der Waals surface area contributed by atoms with Crippen LogP contribution in [0.5, 0.6) is 5.75 Å². The van der Waals surface area contributed by atoms with Crippen molar-refractivity contribution in [3.8, 4) is 17.0 Å². The summed E-state index contributed by atoms with van der Waals surface area (Å²) in [6, 6.07) is 9.12. The number of nitrogens with one attached hydrogen (secondary N) is 1. The quantitative estimate of drug-likeness (QED) is 0.0569. The molecule has 22 heteroatoms. The molecule has 2 saturated heterocycles. The van der Waals surface area contributed by atoms with Gasteiger partial charge in [0.1, 0.15) is 17.4 Å². The fourth-order valence-electron chi connectivity index (χ4n) is 5.62. The van der Waals surface area contributed by atoms with Gasteiger partial charge in [-0.1, -0.05) is 28.0 Å². The molecule has 0 radical (unpaired) electrons. The molecule has 3 N–H and O–H groups in total. The maximum atomic E-state index is 13.3. The Bertz CT molecular complexity index is 2050. The number of morpholine rings is 1. The van der Waals surface area contributed by atoms with Crippen LogP contribution in [0.2, 0.25) is 0 Å². The van der Waals surface area contributed by atoms with Crippen LogP contribution in [0.3, 0.4) is 0 Å². The molecule has 60 heavy (non-hydrogen) atoms. The molecule has 0 aliphatic carbocycles. The van der Waals surface area contributed by atoms with E-state index in [1.165, 1.54) is 12.6 Å². The normalized spacial score (nSPS) is 14.2. The molecule has 18 nitrogen and oxygen atoms in total. The summed E-state index contributed by atoms with van der Waals surface area (Å²) < 4.78 is 36.6. The third-order valence-electron chi connectivity index (χ3n) is 8.70. The van der Waals surface area contributed by atoms with Crippen LogP contribution in [0.15, 0.2) is 48.9 Å². The van der Waals surface area contributed by atoms with Crippen LogP contribution >= 0.6 is 21.6 Å². The number of anilines is 3. The number of ether oxygens (including phenoxy) is 2. The summed E-state index contributed by atoms with van der Waals surface area (Å²) in [4.78, 5) is 81.2. The molecule has 4 heterocycles. The van der Waals surface area contributed by atoms with Gasteiger partial charge in [0.2, 0.25) is 5.91 Å². The first-order chi connectivity index (χ1) is 28.1. The molecule has 0 spiro atoms. The van der Waals surface area contributed by atoms with E-state index in [1.807, 2.05) is 51.1 Å². The van der Waals surface area contributed by atoms with E-state index in [9.17, 15) is 24.0 Å². The van der Waals surface area contributed by atoms with E-state index in [2.05, 4.69) is 25.2 Å². The monoisotopic (exact) mass is 895 g/mol. The number of amides is 3. The first-order valence-electron chi connectivity index (χ1n) is 18.6. The summed E-state index contributed by atoms with van der Waals surface area (Å²) in [7, 11) is 0.162. The first kappa shape index (κ1) is 50.1. The molecular formula is C38H46N7NaO11S3. The third-order valence-corrected chi connectivity index (χ3v) is 12.1. The third kappa shape index (κ3) is 16.7. The summed E-state index contributed by atoms with van der Waals surface area (Å²) in [5.74, 6) is -0.684. The Morgan fingerprint density at radius 1 is 1.05 bits per heavy atom. The zero-order valence-electron chi connectivity index (χ0n) is 33.8. The minimum absolute atomic E-state index is 0.